The summed E-state index contributed by atoms with van der Waals surface area (Å²) in [6, 6.07) is 0. The topological polar surface area (TPSA) is 38.3 Å². The Morgan fingerprint density at radius 1 is 1.70 bits per heavy atom. The largest absolute Gasteiger partial charge is 0.465 e. The first-order chi connectivity index (χ1) is 4.81. The number of ether oxygens (including phenoxy) is 1. The van der Waals surface area contributed by atoms with E-state index in [0.29, 0.717) is 13.2 Å². The van der Waals surface area contributed by atoms with Gasteiger partial charge in [0.15, 0.2) is 0 Å². The highest BCUT2D eigenvalue weighted by atomic mass is 16.5. The smallest absolute Gasteiger partial charge is 0.319 e. The van der Waals surface area contributed by atoms with Crippen LogP contribution in [0, 0.1) is 6.92 Å². The van der Waals surface area contributed by atoms with E-state index in [1.165, 1.54) is 0 Å². The third-order valence-corrected chi connectivity index (χ3v) is 0.928. The molecule has 3 heteroatoms. The molecule has 0 bridgehead atoms. The lowest BCUT2D eigenvalue weighted by Crippen LogP contribution is -2.25. The molecule has 0 aromatic carbocycles. The summed E-state index contributed by atoms with van der Waals surface area (Å²) in [6.07, 6.45) is 0.791. The van der Waals surface area contributed by atoms with Crippen molar-refractivity contribution >= 4 is 5.97 Å². The Hall–Kier alpha value is -0.570. The highest BCUT2D eigenvalue weighted by Gasteiger charge is 1.97. The summed E-state index contributed by atoms with van der Waals surface area (Å²) < 4.78 is 4.67. The maximum atomic E-state index is 10.6. The molecule has 59 valence electrons. The Kier molecular flexibility index (Phi) is 6.18. The SMILES string of the molecule is [CH2]CCNCC(=O)OCC. The van der Waals surface area contributed by atoms with E-state index in [9.17, 15) is 4.79 Å². The van der Waals surface area contributed by atoms with Crippen molar-refractivity contribution in [2.24, 2.45) is 0 Å². The average molecular weight is 144 g/mol. The van der Waals surface area contributed by atoms with E-state index in [0.717, 1.165) is 13.0 Å². The summed E-state index contributed by atoms with van der Waals surface area (Å²) >= 11 is 0. The van der Waals surface area contributed by atoms with Crippen LogP contribution in [-0.4, -0.2) is 25.7 Å². The Balaban J connectivity index is 3.05. The summed E-state index contributed by atoms with van der Waals surface area (Å²) in [6.45, 7) is 6.91. The van der Waals surface area contributed by atoms with Gasteiger partial charge in [-0.25, -0.2) is 0 Å². The zero-order chi connectivity index (χ0) is 7.82. The minimum atomic E-state index is -0.198. The van der Waals surface area contributed by atoms with Gasteiger partial charge in [-0.1, -0.05) is 6.92 Å². The van der Waals surface area contributed by atoms with Crippen molar-refractivity contribution in [3.63, 3.8) is 0 Å². The normalized spacial score (nSPS) is 9.40. The van der Waals surface area contributed by atoms with E-state index in [-0.39, 0.29) is 5.97 Å². The number of carbonyl (C=O) groups is 1. The van der Waals surface area contributed by atoms with Crippen molar-refractivity contribution in [3.05, 3.63) is 6.92 Å². The van der Waals surface area contributed by atoms with Crippen LogP contribution in [0.3, 0.4) is 0 Å². The van der Waals surface area contributed by atoms with E-state index in [4.69, 9.17) is 0 Å². The molecule has 0 aromatic heterocycles. The molecular weight excluding hydrogens is 130 g/mol. The molecule has 0 rings (SSSR count). The first-order valence-electron chi connectivity index (χ1n) is 3.46. The van der Waals surface area contributed by atoms with Crippen LogP contribution in [0.1, 0.15) is 13.3 Å². The molecule has 1 N–H and O–H groups in total. The molecule has 10 heavy (non-hydrogen) atoms. The fraction of sp³-hybridized carbons (Fsp3) is 0.714. The van der Waals surface area contributed by atoms with Gasteiger partial charge in [-0.3, -0.25) is 4.79 Å². The van der Waals surface area contributed by atoms with Crippen LogP contribution in [0.15, 0.2) is 0 Å². The van der Waals surface area contributed by atoms with Crippen LogP contribution in [-0.2, 0) is 9.53 Å². The van der Waals surface area contributed by atoms with Gasteiger partial charge in [0.05, 0.1) is 13.2 Å². The summed E-state index contributed by atoms with van der Waals surface area (Å²) in [5, 5.41) is 2.88. The molecule has 0 fully saturated rings. The number of esters is 1. The van der Waals surface area contributed by atoms with Gasteiger partial charge in [0.1, 0.15) is 0 Å². The Bertz CT molecular complexity index is 93.6. The molecule has 0 amide bonds. The molecule has 0 unspecified atom stereocenters. The van der Waals surface area contributed by atoms with E-state index in [1.807, 2.05) is 0 Å². The van der Waals surface area contributed by atoms with Crippen molar-refractivity contribution in [1.29, 1.82) is 0 Å². The van der Waals surface area contributed by atoms with Gasteiger partial charge in [0.2, 0.25) is 0 Å². The lowest BCUT2D eigenvalue weighted by atomic mass is 10.5. The fourth-order valence-electron chi connectivity index (χ4n) is 0.527. The van der Waals surface area contributed by atoms with Gasteiger partial charge >= 0.3 is 5.97 Å². The molecule has 0 aliphatic rings. The number of rotatable bonds is 5. The maximum Gasteiger partial charge on any atom is 0.319 e. The Labute approximate surface area is 61.8 Å². The minimum Gasteiger partial charge on any atom is -0.465 e. The number of hydrogen-bond acceptors (Lipinski definition) is 3. The molecule has 0 aliphatic carbocycles. The van der Waals surface area contributed by atoms with Gasteiger partial charge < -0.3 is 10.1 Å². The van der Waals surface area contributed by atoms with E-state index in [2.05, 4.69) is 17.0 Å². The second kappa shape index (κ2) is 6.55. The Morgan fingerprint density at radius 2 is 2.40 bits per heavy atom. The first-order valence-corrected chi connectivity index (χ1v) is 3.46. The Morgan fingerprint density at radius 3 is 2.90 bits per heavy atom. The molecule has 0 aliphatic heterocycles. The van der Waals surface area contributed by atoms with Gasteiger partial charge in [-0.15, -0.1) is 0 Å². The zero-order valence-corrected chi connectivity index (χ0v) is 6.35. The van der Waals surface area contributed by atoms with Crippen molar-refractivity contribution in [2.75, 3.05) is 19.7 Å². The van der Waals surface area contributed by atoms with Crippen LogP contribution in [0.25, 0.3) is 0 Å². The fourth-order valence-corrected chi connectivity index (χ4v) is 0.527. The number of hydrogen-bond donors (Lipinski definition) is 1. The van der Waals surface area contributed by atoms with Crippen LogP contribution < -0.4 is 5.32 Å². The van der Waals surface area contributed by atoms with Crippen LogP contribution in [0.2, 0.25) is 0 Å². The molecular formula is C7H14NO2. The second-order valence-corrected chi connectivity index (χ2v) is 1.84. The predicted octanol–water partition coefficient (Wildman–Crippen LogP) is 0.363. The molecule has 0 heterocycles. The highest BCUT2D eigenvalue weighted by Crippen LogP contribution is 1.75. The van der Waals surface area contributed by atoms with E-state index >= 15 is 0 Å². The lowest BCUT2D eigenvalue weighted by Gasteiger charge is -2.01. The third-order valence-electron chi connectivity index (χ3n) is 0.928. The minimum absolute atomic E-state index is 0.198. The molecule has 0 spiro atoms. The molecule has 0 aromatic rings. The van der Waals surface area contributed by atoms with Crippen molar-refractivity contribution < 1.29 is 9.53 Å². The third kappa shape index (κ3) is 5.56. The monoisotopic (exact) mass is 144 g/mol. The molecule has 3 nitrogen and oxygen atoms in total. The highest BCUT2D eigenvalue weighted by molar-refractivity contribution is 5.71. The van der Waals surface area contributed by atoms with Crippen LogP contribution in [0.5, 0.6) is 0 Å². The van der Waals surface area contributed by atoms with Gasteiger partial charge in [0.25, 0.3) is 0 Å². The quantitative estimate of drug-likeness (QED) is 0.447. The van der Waals surface area contributed by atoms with Crippen molar-refractivity contribution in [2.45, 2.75) is 13.3 Å². The maximum absolute atomic E-state index is 10.6. The molecule has 1 radical (unpaired) electrons. The average Bonchev–Trinajstić information content (AvgIpc) is 1.89. The first kappa shape index (κ1) is 9.43. The van der Waals surface area contributed by atoms with Gasteiger partial charge in [-0.2, -0.15) is 0 Å². The predicted molar refractivity (Wildman–Crippen MR) is 39.5 cm³/mol. The van der Waals surface area contributed by atoms with Crippen LogP contribution >= 0.6 is 0 Å². The van der Waals surface area contributed by atoms with Crippen molar-refractivity contribution in [1.82, 2.24) is 5.32 Å². The summed E-state index contributed by atoms with van der Waals surface area (Å²) in [7, 11) is 0. The molecule has 0 saturated carbocycles. The molecule has 0 atom stereocenters. The number of nitrogens with one attached hydrogen (secondary N) is 1. The van der Waals surface area contributed by atoms with Gasteiger partial charge in [0, 0.05) is 0 Å². The summed E-state index contributed by atoms with van der Waals surface area (Å²) in [5.41, 5.74) is 0. The van der Waals surface area contributed by atoms with E-state index in [1.54, 1.807) is 6.92 Å². The lowest BCUT2D eigenvalue weighted by molar-refractivity contribution is -0.141. The van der Waals surface area contributed by atoms with Crippen LogP contribution in [0.4, 0.5) is 0 Å². The van der Waals surface area contributed by atoms with Crippen molar-refractivity contribution in [3.8, 4) is 0 Å². The van der Waals surface area contributed by atoms with Gasteiger partial charge in [-0.05, 0) is 19.9 Å². The number of carbonyl (C=O) groups excluding carboxylic acids is 1. The molecule has 0 saturated heterocycles. The standard InChI is InChI=1S/C7H14NO2/c1-3-5-8-6-7(9)10-4-2/h8H,1,3-6H2,2H3. The summed E-state index contributed by atoms with van der Waals surface area (Å²) in [5.74, 6) is -0.198. The second-order valence-electron chi connectivity index (χ2n) is 1.84. The van der Waals surface area contributed by atoms with E-state index < -0.39 is 0 Å². The zero-order valence-electron chi connectivity index (χ0n) is 6.35. The summed E-state index contributed by atoms with van der Waals surface area (Å²) in [4.78, 5) is 10.6.